The lowest BCUT2D eigenvalue weighted by Gasteiger charge is -1.99. The molecule has 0 atom stereocenters. The largest absolute Gasteiger partial charge is 0.356 e. The monoisotopic (exact) mass is 206 g/mol. The number of anilines is 1. The maximum atomic E-state index is 10.9. The fourth-order valence-corrected chi connectivity index (χ4v) is 0.969. The van der Waals surface area contributed by atoms with Gasteiger partial charge in [-0.2, -0.15) is 0 Å². The van der Waals surface area contributed by atoms with Crippen molar-refractivity contribution in [1.82, 2.24) is 0 Å². The fraction of sp³-hybridized carbons (Fsp3) is 0.100. The normalized spacial score (nSPS) is 10.9. The minimum atomic E-state index is -0.710. The highest BCUT2D eigenvalue weighted by Gasteiger charge is 2.15. The number of nitrogens with one attached hydrogen (secondary N) is 1. The minimum absolute atomic E-state index is 0.459. The predicted molar refractivity (Wildman–Crippen MR) is 55.8 cm³/mol. The van der Waals surface area contributed by atoms with Crippen LogP contribution in [-0.2, 0) is 4.79 Å². The third-order valence-corrected chi connectivity index (χ3v) is 1.71. The van der Waals surface area contributed by atoms with Crippen molar-refractivity contribution in [3.05, 3.63) is 52.3 Å². The van der Waals surface area contributed by atoms with Crippen LogP contribution in [0.5, 0.6) is 0 Å². The second-order valence-electron chi connectivity index (χ2n) is 2.85. The minimum Gasteiger partial charge on any atom is -0.356 e. The second kappa shape index (κ2) is 4.90. The summed E-state index contributed by atoms with van der Waals surface area (Å²) in [7, 11) is 0. The van der Waals surface area contributed by atoms with Gasteiger partial charge in [-0.25, -0.2) is 0 Å². The van der Waals surface area contributed by atoms with Gasteiger partial charge in [0.05, 0.1) is 11.1 Å². The quantitative estimate of drug-likeness (QED) is 0.463. The van der Waals surface area contributed by atoms with E-state index in [9.17, 15) is 14.9 Å². The molecule has 0 aromatic heterocycles. The number of para-hydroxylation sites is 1. The van der Waals surface area contributed by atoms with Crippen LogP contribution in [0.3, 0.4) is 0 Å². The summed E-state index contributed by atoms with van der Waals surface area (Å²) >= 11 is 0. The van der Waals surface area contributed by atoms with Crippen LogP contribution in [0.25, 0.3) is 0 Å². The highest BCUT2D eigenvalue weighted by Crippen LogP contribution is 2.06. The molecule has 0 bridgehead atoms. The first kappa shape index (κ1) is 10.9. The zero-order valence-corrected chi connectivity index (χ0v) is 8.14. The van der Waals surface area contributed by atoms with Crippen LogP contribution in [0.2, 0.25) is 0 Å². The molecule has 0 aliphatic rings. The molecule has 0 saturated heterocycles. The van der Waals surface area contributed by atoms with Gasteiger partial charge in [0.1, 0.15) is 0 Å². The van der Waals surface area contributed by atoms with Gasteiger partial charge in [0.15, 0.2) is 0 Å². The lowest BCUT2D eigenvalue weighted by molar-refractivity contribution is -0.418. The average molecular weight is 206 g/mol. The summed E-state index contributed by atoms with van der Waals surface area (Å²) in [5.41, 5.74) is 0.233. The van der Waals surface area contributed by atoms with Gasteiger partial charge in [-0.1, -0.05) is 18.2 Å². The van der Waals surface area contributed by atoms with E-state index < -0.39 is 16.4 Å². The van der Waals surface area contributed by atoms with Crippen molar-refractivity contribution in [2.24, 2.45) is 0 Å². The number of allylic oxidation sites excluding steroid dienone is 1. The summed E-state index contributed by atoms with van der Waals surface area (Å²) in [5, 5.41) is 13.1. The molecule has 0 fully saturated rings. The van der Waals surface area contributed by atoms with E-state index in [0.717, 1.165) is 13.1 Å². The first-order valence-corrected chi connectivity index (χ1v) is 4.28. The van der Waals surface area contributed by atoms with Gasteiger partial charge >= 0.3 is 5.70 Å². The number of nitrogens with zero attached hydrogens (tertiary/aromatic N) is 1. The maximum absolute atomic E-state index is 10.9. The van der Waals surface area contributed by atoms with Crippen molar-refractivity contribution in [2.75, 3.05) is 5.32 Å². The second-order valence-corrected chi connectivity index (χ2v) is 2.85. The Morgan fingerprint density at radius 3 is 2.47 bits per heavy atom. The van der Waals surface area contributed by atoms with Crippen molar-refractivity contribution in [1.29, 1.82) is 0 Å². The van der Waals surface area contributed by atoms with E-state index in [1.807, 2.05) is 6.07 Å². The van der Waals surface area contributed by atoms with E-state index in [0.29, 0.717) is 5.69 Å². The van der Waals surface area contributed by atoms with Gasteiger partial charge in [0.25, 0.3) is 0 Å². The maximum Gasteiger partial charge on any atom is 0.327 e. The van der Waals surface area contributed by atoms with Gasteiger partial charge in [-0.3, -0.25) is 14.9 Å². The zero-order chi connectivity index (χ0) is 11.3. The Morgan fingerprint density at radius 1 is 1.40 bits per heavy atom. The van der Waals surface area contributed by atoms with E-state index in [1.54, 1.807) is 24.3 Å². The van der Waals surface area contributed by atoms with Crippen LogP contribution in [0.4, 0.5) is 5.69 Å². The molecule has 0 spiro atoms. The van der Waals surface area contributed by atoms with Crippen molar-refractivity contribution >= 4 is 11.5 Å². The lowest BCUT2D eigenvalue weighted by atomic mass is 10.3. The van der Waals surface area contributed by atoms with Gasteiger partial charge < -0.3 is 5.32 Å². The van der Waals surface area contributed by atoms with Crippen LogP contribution >= 0.6 is 0 Å². The number of hydrogen-bond donors (Lipinski definition) is 1. The SMILES string of the molecule is CC(=O)/C(=C/Nc1ccccc1)[N+](=O)[O-]. The van der Waals surface area contributed by atoms with Crippen molar-refractivity contribution < 1.29 is 9.72 Å². The Morgan fingerprint density at radius 2 is 2.00 bits per heavy atom. The molecule has 0 amide bonds. The molecule has 0 saturated carbocycles. The molecular weight excluding hydrogens is 196 g/mol. The van der Waals surface area contributed by atoms with Gasteiger partial charge in [0.2, 0.25) is 5.78 Å². The molecule has 1 aromatic rings. The van der Waals surface area contributed by atoms with E-state index in [4.69, 9.17) is 0 Å². The van der Waals surface area contributed by atoms with E-state index >= 15 is 0 Å². The summed E-state index contributed by atoms with van der Waals surface area (Å²) in [6.07, 6.45) is 1.09. The summed E-state index contributed by atoms with van der Waals surface area (Å²) in [4.78, 5) is 20.6. The summed E-state index contributed by atoms with van der Waals surface area (Å²) in [5.74, 6) is -0.580. The Hall–Kier alpha value is -2.17. The summed E-state index contributed by atoms with van der Waals surface area (Å²) < 4.78 is 0. The molecule has 0 heterocycles. The summed E-state index contributed by atoms with van der Waals surface area (Å²) in [6, 6.07) is 8.89. The van der Waals surface area contributed by atoms with Gasteiger partial charge in [0, 0.05) is 12.6 Å². The number of carbonyl (C=O) groups excluding carboxylic acids is 1. The van der Waals surface area contributed by atoms with Crippen LogP contribution in [0, 0.1) is 10.1 Å². The number of ketones is 1. The first-order chi connectivity index (χ1) is 7.11. The lowest BCUT2D eigenvalue weighted by Crippen LogP contribution is -2.09. The standard InChI is InChI=1S/C10H10N2O3/c1-8(13)10(12(14)15)7-11-9-5-3-2-4-6-9/h2-7,11H,1H3/b10-7-. The Balaban J connectivity index is 2.79. The molecule has 78 valence electrons. The van der Waals surface area contributed by atoms with E-state index in [1.165, 1.54) is 0 Å². The van der Waals surface area contributed by atoms with Crippen LogP contribution in [0.1, 0.15) is 6.92 Å². The highest BCUT2D eigenvalue weighted by atomic mass is 16.6. The smallest absolute Gasteiger partial charge is 0.327 e. The number of nitro groups is 1. The number of carbonyl (C=O) groups is 1. The van der Waals surface area contributed by atoms with Crippen LogP contribution < -0.4 is 5.32 Å². The molecule has 5 nitrogen and oxygen atoms in total. The molecule has 5 heteroatoms. The zero-order valence-electron chi connectivity index (χ0n) is 8.14. The number of Topliss-reactive ketones (excluding diaryl/α,β-unsaturated/α-hetero) is 1. The molecular formula is C10H10N2O3. The predicted octanol–water partition coefficient (Wildman–Crippen LogP) is 1.81. The summed E-state index contributed by atoms with van der Waals surface area (Å²) in [6.45, 7) is 1.15. The number of benzene rings is 1. The molecule has 1 N–H and O–H groups in total. The van der Waals surface area contributed by atoms with Crippen LogP contribution in [0.15, 0.2) is 42.2 Å². The Bertz CT molecular complexity index is 382. The Kier molecular flexibility index (Phi) is 3.56. The molecule has 0 aliphatic heterocycles. The van der Waals surface area contributed by atoms with Gasteiger partial charge in [-0.15, -0.1) is 0 Å². The molecule has 0 radical (unpaired) electrons. The van der Waals surface area contributed by atoms with Crippen molar-refractivity contribution in [3.63, 3.8) is 0 Å². The molecule has 1 rings (SSSR count). The molecule has 0 aliphatic carbocycles. The number of hydrogen-bond acceptors (Lipinski definition) is 4. The third-order valence-electron chi connectivity index (χ3n) is 1.71. The molecule has 0 unspecified atom stereocenters. The average Bonchev–Trinajstić information content (AvgIpc) is 2.18. The van der Waals surface area contributed by atoms with E-state index in [2.05, 4.69) is 5.32 Å². The fourth-order valence-electron chi connectivity index (χ4n) is 0.969. The first-order valence-electron chi connectivity index (χ1n) is 4.28. The highest BCUT2D eigenvalue weighted by molar-refractivity contribution is 5.91. The van der Waals surface area contributed by atoms with Gasteiger partial charge in [-0.05, 0) is 12.1 Å². The van der Waals surface area contributed by atoms with Crippen molar-refractivity contribution in [2.45, 2.75) is 6.92 Å². The molecule has 15 heavy (non-hydrogen) atoms. The van der Waals surface area contributed by atoms with Crippen LogP contribution in [-0.4, -0.2) is 10.7 Å². The number of rotatable bonds is 4. The van der Waals surface area contributed by atoms with E-state index in [-0.39, 0.29) is 0 Å². The Labute approximate surface area is 86.6 Å². The molecule has 1 aromatic carbocycles. The third kappa shape index (κ3) is 3.22. The topological polar surface area (TPSA) is 72.2 Å². The van der Waals surface area contributed by atoms with Crippen molar-refractivity contribution in [3.8, 4) is 0 Å².